The molecule has 0 aromatic carbocycles. The van der Waals surface area contributed by atoms with Crippen LogP contribution in [0.3, 0.4) is 0 Å². The normalized spacial score (nSPS) is 20.7. The van der Waals surface area contributed by atoms with Crippen molar-refractivity contribution < 1.29 is 0 Å². The van der Waals surface area contributed by atoms with Gasteiger partial charge in [-0.1, -0.05) is 51.0 Å². The quantitative estimate of drug-likeness (QED) is 0.606. The Morgan fingerprint density at radius 2 is 1.86 bits per heavy atom. The second-order valence-corrected chi connectivity index (χ2v) is 5.10. The molecule has 0 radical (unpaired) electrons. The Labute approximate surface area is 89.1 Å². The molecular weight excluding hydrogens is 168 g/mol. The molecule has 0 unspecified atom stereocenters. The van der Waals surface area contributed by atoms with Gasteiger partial charge in [-0.05, 0) is 37.5 Å². The Kier molecular flexibility index (Phi) is 3.58. The standard InChI is InChI=1S/C14H24/c1-6-12(7-2)13-11(3)9-8-10-14(13,4)5/h8-9,12H,6-7,10H2,1-5H3. The SMILES string of the molecule is CCC(CC)C1=C(C)C=CCC1(C)C. The van der Waals surface area contributed by atoms with E-state index in [0.29, 0.717) is 5.41 Å². The van der Waals surface area contributed by atoms with E-state index in [-0.39, 0.29) is 0 Å². The predicted molar refractivity (Wildman–Crippen MR) is 64.3 cm³/mol. The molecule has 0 amide bonds. The van der Waals surface area contributed by atoms with Crippen molar-refractivity contribution in [3.05, 3.63) is 23.3 Å². The Balaban J connectivity index is 3.06. The van der Waals surface area contributed by atoms with Crippen LogP contribution in [0.15, 0.2) is 23.3 Å². The summed E-state index contributed by atoms with van der Waals surface area (Å²) in [6.07, 6.45) is 8.39. The van der Waals surface area contributed by atoms with Crippen LogP contribution in [0.25, 0.3) is 0 Å². The van der Waals surface area contributed by atoms with Gasteiger partial charge in [-0.3, -0.25) is 0 Å². The van der Waals surface area contributed by atoms with Crippen molar-refractivity contribution in [1.29, 1.82) is 0 Å². The van der Waals surface area contributed by atoms with Crippen molar-refractivity contribution in [2.75, 3.05) is 0 Å². The van der Waals surface area contributed by atoms with E-state index in [4.69, 9.17) is 0 Å². The average molecular weight is 192 g/mol. The lowest BCUT2D eigenvalue weighted by atomic mass is 9.69. The highest BCUT2D eigenvalue weighted by Crippen LogP contribution is 2.42. The highest BCUT2D eigenvalue weighted by molar-refractivity contribution is 5.34. The second kappa shape index (κ2) is 4.33. The van der Waals surface area contributed by atoms with Crippen molar-refractivity contribution in [3.63, 3.8) is 0 Å². The third kappa shape index (κ3) is 2.10. The van der Waals surface area contributed by atoms with Crippen LogP contribution in [0, 0.1) is 11.3 Å². The van der Waals surface area contributed by atoms with Gasteiger partial charge in [0.05, 0.1) is 0 Å². The molecule has 0 aromatic rings. The van der Waals surface area contributed by atoms with E-state index in [1.165, 1.54) is 24.8 Å². The lowest BCUT2D eigenvalue weighted by Gasteiger charge is -2.36. The molecule has 14 heavy (non-hydrogen) atoms. The fourth-order valence-electron chi connectivity index (χ4n) is 2.84. The highest BCUT2D eigenvalue weighted by atomic mass is 14.3. The molecule has 0 aliphatic heterocycles. The maximum Gasteiger partial charge on any atom is -0.0102 e. The smallest absolute Gasteiger partial charge is 0.0102 e. The van der Waals surface area contributed by atoms with Crippen molar-refractivity contribution in [2.24, 2.45) is 11.3 Å². The van der Waals surface area contributed by atoms with Gasteiger partial charge >= 0.3 is 0 Å². The summed E-state index contributed by atoms with van der Waals surface area (Å²) in [6, 6.07) is 0. The van der Waals surface area contributed by atoms with Gasteiger partial charge in [-0.25, -0.2) is 0 Å². The molecular formula is C14H24. The number of rotatable bonds is 3. The van der Waals surface area contributed by atoms with Crippen LogP contribution in [0.2, 0.25) is 0 Å². The van der Waals surface area contributed by atoms with Crippen LogP contribution >= 0.6 is 0 Å². The Morgan fingerprint density at radius 1 is 1.29 bits per heavy atom. The largest absolute Gasteiger partial charge is 0.0834 e. The molecule has 0 bridgehead atoms. The molecule has 1 aliphatic carbocycles. The molecule has 0 atom stereocenters. The maximum absolute atomic E-state index is 2.38. The van der Waals surface area contributed by atoms with Crippen molar-refractivity contribution in [3.8, 4) is 0 Å². The van der Waals surface area contributed by atoms with Crippen molar-refractivity contribution in [1.82, 2.24) is 0 Å². The van der Waals surface area contributed by atoms with E-state index in [0.717, 1.165) is 5.92 Å². The first-order valence-electron chi connectivity index (χ1n) is 5.90. The zero-order valence-electron chi connectivity index (χ0n) is 10.4. The second-order valence-electron chi connectivity index (χ2n) is 5.10. The molecule has 0 spiro atoms. The molecule has 0 heterocycles. The Hall–Kier alpha value is -0.520. The van der Waals surface area contributed by atoms with Crippen LogP contribution in [0.4, 0.5) is 0 Å². The molecule has 0 N–H and O–H groups in total. The van der Waals surface area contributed by atoms with Crippen LogP contribution in [-0.4, -0.2) is 0 Å². The van der Waals surface area contributed by atoms with Crippen molar-refractivity contribution >= 4 is 0 Å². The number of allylic oxidation sites excluding steroid dienone is 4. The third-order valence-electron chi connectivity index (χ3n) is 3.54. The zero-order chi connectivity index (χ0) is 10.8. The lowest BCUT2D eigenvalue weighted by Crippen LogP contribution is -2.23. The first-order valence-corrected chi connectivity index (χ1v) is 5.90. The van der Waals surface area contributed by atoms with Crippen LogP contribution in [0.5, 0.6) is 0 Å². The predicted octanol–water partition coefficient (Wildman–Crippen LogP) is 4.73. The molecule has 1 aliphatic rings. The first kappa shape index (κ1) is 11.6. The molecule has 0 saturated heterocycles. The molecule has 0 heteroatoms. The number of hydrogen-bond donors (Lipinski definition) is 0. The van der Waals surface area contributed by atoms with E-state index < -0.39 is 0 Å². The van der Waals surface area contributed by atoms with E-state index in [2.05, 4.69) is 46.8 Å². The molecule has 0 nitrogen and oxygen atoms in total. The van der Waals surface area contributed by atoms with Crippen molar-refractivity contribution in [2.45, 2.75) is 53.9 Å². The van der Waals surface area contributed by atoms with Gasteiger partial charge in [0.15, 0.2) is 0 Å². The van der Waals surface area contributed by atoms with Gasteiger partial charge < -0.3 is 0 Å². The molecule has 0 fully saturated rings. The summed E-state index contributed by atoms with van der Waals surface area (Å²) in [7, 11) is 0. The zero-order valence-corrected chi connectivity index (χ0v) is 10.4. The van der Waals surface area contributed by atoms with E-state index >= 15 is 0 Å². The maximum atomic E-state index is 2.38. The van der Waals surface area contributed by atoms with Gasteiger partial charge in [0, 0.05) is 0 Å². The summed E-state index contributed by atoms with van der Waals surface area (Å²) >= 11 is 0. The lowest BCUT2D eigenvalue weighted by molar-refractivity contribution is 0.367. The monoisotopic (exact) mass is 192 g/mol. The minimum absolute atomic E-state index is 0.384. The molecule has 80 valence electrons. The summed E-state index contributed by atoms with van der Waals surface area (Å²) in [5.41, 5.74) is 3.59. The summed E-state index contributed by atoms with van der Waals surface area (Å²) in [4.78, 5) is 0. The van der Waals surface area contributed by atoms with E-state index in [1.807, 2.05) is 0 Å². The van der Waals surface area contributed by atoms with Crippen LogP contribution in [-0.2, 0) is 0 Å². The van der Waals surface area contributed by atoms with Gasteiger partial charge in [-0.2, -0.15) is 0 Å². The minimum atomic E-state index is 0.384. The van der Waals surface area contributed by atoms with Gasteiger partial charge in [0.25, 0.3) is 0 Å². The summed E-state index contributed by atoms with van der Waals surface area (Å²) in [5.74, 6) is 0.787. The fraction of sp³-hybridized carbons (Fsp3) is 0.714. The van der Waals surface area contributed by atoms with Gasteiger partial charge in [0.2, 0.25) is 0 Å². The van der Waals surface area contributed by atoms with Gasteiger partial charge in [-0.15, -0.1) is 0 Å². The Morgan fingerprint density at radius 3 is 2.29 bits per heavy atom. The van der Waals surface area contributed by atoms with E-state index in [9.17, 15) is 0 Å². The fourth-order valence-corrected chi connectivity index (χ4v) is 2.84. The van der Waals surface area contributed by atoms with Crippen LogP contribution in [0.1, 0.15) is 53.9 Å². The van der Waals surface area contributed by atoms with Gasteiger partial charge in [0.1, 0.15) is 0 Å². The molecule has 1 rings (SSSR count). The molecule has 0 aromatic heterocycles. The first-order chi connectivity index (χ1) is 6.53. The highest BCUT2D eigenvalue weighted by Gasteiger charge is 2.29. The minimum Gasteiger partial charge on any atom is -0.0834 e. The van der Waals surface area contributed by atoms with E-state index in [1.54, 1.807) is 5.57 Å². The average Bonchev–Trinajstić information content (AvgIpc) is 2.11. The summed E-state index contributed by atoms with van der Waals surface area (Å²) < 4.78 is 0. The Bertz CT molecular complexity index is 249. The summed E-state index contributed by atoms with van der Waals surface area (Å²) in [6.45, 7) is 11.7. The molecule has 0 saturated carbocycles. The number of hydrogen-bond acceptors (Lipinski definition) is 0. The van der Waals surface area contributed by atoms with Crippen LogP contribution < -0.4 is 0 Å². The third-order valence-corrected chi connectivity index (χ3v) is 3.54. The summed E-state index contributed by atoms with van der Waals surface area (Å²) in [5, 5.41) is 0. The topological polar surface area (TPSA) is 0 Å².